The van der Waals surface area contributed by atoms with E-state index in [-0.39, 0.29) is 0 Å². The normalized spacial score (nSPS) is 17.1. The zero-order chi connectivity index (χ0) is 12.1. The minimum atomic E-state index is 0.795. The van der Waals surface area contributed by atoms with Gasteiger partial charge in [0.2, 0.25) is 0 Å². The average Bonchev–Trinajstić information content (AvgIpc) is 3.19. The second-order valence-corrected chi connectivity index (χ2v) is 5.33. The Balaban J connectivity index is 1.82. The van der Waals surface area contributed by atoms with E-state index in [2.05, 4.69) is 43.4 Å². The largest absolute Gasteiger partial charge is 0.314 e. The number of benzene rings is 1. The molecule has 1 atom stereocenters. The third kappa shape index (κ3) is 4.16. The lowest BCUT2D eigenvalue weighted by atomic mass is 9.96. The summed E-state index contributed by atoms with van der Waals surface area (Å²) in [6, 6.07) is 10.00. The Morgan fingerprint density at radius 1 is 1.12 bits per heavy atom. The van der Waals surface area contributed by atoms with Crippen LogP contribution in [0.4, 0.5) is 0 Å². The topological polar surface area (TPSA) is 12.0 Å². The highest BCUT2D eigenvalue weighted by Gasteiger charge is 2.21. The third-order valence-corrected chi connectivity index (χ3v) is 3.81. The fraction of sp³-hybridized carbons (Fsp3) is 0.625. The van der Waals surface area contributed by atoms with Gasteiger partial charge in [0.15, 0.2) is 0 Å². The van der Waals surface area contributed by atoms with Crippen molar-refractivity contribution in [3.63, 3.8) is 0 Å². The summed E-state index contributed by atoms with van der Waals surface area (Å²) in [7, 11) is 0. The van der Waals surface area contributed by atoms with Gasteiger partial charge in [-0.25, -0.2) is 0 Å². The minimum Gasteiger partial charge on any atom is -0.314 e. The van der Waals surface area contributed by atoms with E-state index >= 15 is 0 Å². The van der Waals surface area contributed by atoms with Gasteiger partial charge >= 0.3 is 0 Å². The Morgan fingerprint density at radius 2 is 1.76 bits per heavy atom. The van der Waals surface area contributed by atoms with Gasteiger partial charge in [0.05, 0.1) is 0 Å². The summed E-state index contributed by atoms with van der Waals surface area (Å²) in [6.07, 6.45) is 6.42. The van der Waals surface area contributed by atoms with Gasteiger partial charge in [-0.05, 0) is 49.3 Å². The van der Waals surface area contributed by atoms with Gasteiger partial charge in [0.1, 0.15) is 0 Å². The molecule has 0 saturated heterocycles. The number of hydrogen-bond acceptors (Lipinski definition) is 1. The lowest BCUT2D eigenvalue weighted by molar-refractivity contribution is 0.458. The summed E-state index contributed by atoms with van der Waals surface area (Å²) < 4.78 is 0. The van der Waals surface area contributed by atoms with E-state index in [4.69, 9.17) is 0 Å². The zero-order valence-corrected chi connectivity index (χ0v) is 11.2. The molecule has 1 N–H and O–H groups in total. The zero-order valence-electron chi connectivity index (χ0n) is 11.2. The van der Waals surface area contributed by atoms with Gasteiger partial charge in [-0.15, -0.1) is 0 Å². The maximum absolute atomic E-state index is 3.65. The molecule has 1 aliphatic carbocycles. The van der Waals surface area contributed by atoms with E-state index in [9.17, 15) is 0 Å². The average molecular weight is 231 g/mol. The van der Waals surface area contributed by atoms with Gasteiger partial charge in [0, 0.05) is 6.04 Å². The second kappa shape index (κ2) is 6.20. The monoisotopic (exact) mass is 231 g/mol. The van der Waals surface area contributed by atoms with Crippen molar-refractivity contribution in [1.82, 2.24) is 5.32 Å². The van der Waals surface area contributed by atoms with E-state index in [0.29, 0.717) is 0 Å². The molecule has 0 spiro atoms. The van der Waals surface area contributed by atoms with E-state index in [1.165, 1.54) is 43.4 Å². The van der Waals surface area contributed by atoms with Crippen molar-refractivity contribution in [3.05, 3.63) is 35.4 Å². The van der Waals surface area contributed by atoms with E-state index < -0.39 is 0 Å². The van der Waals surface area contributed by atoms with Crippen molar-refractivity contribution in [1.29, 1.82) is 0 Å². The first-order chi connectivity index (χ1) is 8.31. The van der Waals surface area contributed by atoms with Crippen molar-refractivity contribution in [2.75, 3.05) is 6.54 Å². The van der Waals surface area contributed by atoms with Crippen molar-refractivity contribution in [3.8, 4) is 0 Å². The quantitative estimate of drug-likeness (QED) is 0.756. The van der Waals surface area contributed by atoms with Crippen LogP contribution in [0.2, 0.25) is 0 Å². The molecule has 0 bridgehead atoms. The molecule has 0 heterocycles. The first kappa shape index (κ1) is 12.6. The van der Waals surface area contributed by atoms with E-state index in [0.717, 1.165) is 18.4 Å². The van der Waals surface area contributed by atoms with Crippen molar-refractivity contribution in [2.45, 2.75) is 52.0 Å². The molecule has 2 rings (SSSR count). The summed E-state index contributed by atoms with van der Waals surface area (Å²) in [5.74, 6) is 0.795. The smallest absolute Gasteiger partial charge is 0.00683 e. The van der Waals surface area contributed by atoms with Crippen LogP contribution < -0.4 is 5.32 Å². The second-order valence-electron chi connectivity index (χ2n) is 5.33. The summed E-state index contributed by atoms with van der Waals surface area (Å²) in [5.41, 5.74) is 2.93. The fourth-order valence-electron chi connectivity index (χ4n) is 2.23. The minimum absolute atomic E-state index is 0.795. The predicted octanol–water partition coefficient (Wildman–Crippen LogP) is 3.57. The standard InChI is InChI=1S/C16H25N/c1-3-13-5-7-15(8-6-13)11-14(4-2)12-17-16-9-10-16/h5-8,14,16-17H,3-4,9-12H2,1-2H3. The summed E-state index contributed by atoms with van der Waals surface area (Å²) in [6.45, 7) is 5.71. The molecule has 0 amide bonds. The van der Waals surface area contributed by atoms with Crippen LogP contribution in [-0.2, 0) is 12.8 Å². The molecule has 1 aromatic carbocycles. The fourth-order valence-corrected chi connectivity index (χ4v) is 2.23. The van der Waals surface area contributed by atoms with Gasteiger partial charge in [-0.2, -0.15) is 0 Å². The first-order valence-electron chi connectivity index (χ1n) is 7.13. The van der Waals surface area contributed by atoms with Gasteiger partial charge in [-0.3, -0.25) is 0 Å². The van der Waals surface area contributed by atoms with Crippen LogP contribution in [-0.4, -0.2) is 12.6 Å². The molecule has 1 fully saturated rings. The SMILES string of the molecule is CCc1ccc(CC(CC)CNC2CC2)cc1. The molecule has 1 heteroatoms. The van der Waals surface area contributed by atoms with Crippen LogP contribution >= 0.6 is 0 Å². The van der Waals surface area contributed by atoms with Gasteiger partial charge in [0.25, 0.3) is 0 Å². The highest BCUT2D eigenvalue weighted by Crippen LogP contribution is 2.20. The van der Waals surface area contributed by atoms with E-state index in [1.54, 1.807) is 0 Å². The molecular formula is C16H25N. The Labute approximate surface area is 106 Å². The maximum Gasteiger partial charge on any atom is 0.00683 e. The Morgan fingerprint density at radius 3 is 2.29 bits per heavy atom. The van der Waals surface area contributed by atoms with Crippen LogP contribution in [0.1, 0.15) is 44.2 Å². The predicted molar refractivity (Wildman–Crippen MR) is 74.3 cm³/mol. The Bertz CT molecular complexity index is 324. The molecular weight excluding hydrogens is 206 g/mol. The molecule has 1 saturated carbocycles. The lowest BCUT2D eigenvalue weighted by Gasteiger charge is -2.15. The number of nitrogens with one attached hydrogen (secondary N) is 1. The third-order valence-electron chi connectivity index (χ3n) is 3.81. The molecule has 0 aliphatic heterocycles. The van der Waals surface area contributed by atoms with Crippen molar-refractivity contribution < 1.29 is 0 Å². The van der Waals surface area contributed by atoms with E-state index in [1.807, 2.05) is 0 Å². The van der Waals surface area contributed by atoms with Crippen LogP contribution in [0.15, 0.2) is 24.3 Å². The van der Waals surface area contributed by atoms with Crippen LogP contribution in [0.25, 0.3) is 0 Å². The molecule has 1 aromatic rings. The number of aryl methyl sites for hydroxylation is 1. The highest BCUT2D eigenvalue weighted by atomic mass is 14.9. The number of hydrogen-bond donors (Lipinski definition) is 1. The highest BCUT2D eigenvalue weighted by molar-refractivity contribution is 5.22. The summed E-state index contributed by atoms with van der Waals surface area (Å²) in [5, 5.41) is 3.65. The van der Waals surface area contributed by atoms with Crippen molar-refractivity contribution >= 4 is 0 Å². The number of rotatable bonds is 7. The molecule has 94 valence electrons. The van der Waals surface area contributed by atoms with Crippen LogP contribution in [0.5, 0.6) is 0 Å². The van der Waals surface area contributed by atoms with Gasteiger partial charge in [-0.1, -0.05) is 44.5 Å². The molecule has 1 unspecified atom stereocenters. The summed E-state index contributed by atoms with van der Waals surface area (Å²) >= 11 is 0. The molecule has 1 nitrogen and oxygen atoms in total. The Kier molecular flexibility index (Phi) is 4.61. The summed E-state index contributed by atoms with van der Waals surface area (Å²) in [4.78, 5) is 0. The maximum atomic E-state index is 3.65. The molecule has 1 aliphatic rings. The van der Waals surface area contributed by atoms with Crippen molar-refractivity contribution in [2.24, 2.45) is 5.92 Å². The molecule has 17 heavy (non-hydrogen) atoms. The first-order valence-corrected chi connectivity index (χ1v) is 7.13. The van der Waals surface area contributed by atoms with Crippen LogP contribution in [0, 0.1) is 5.92 Å². The van der Waals surface area contributed by atoms with Gasteiger partial charge < -0.3 is 5.32 Å². The Hall–Kier alpha value is -0.820. The molecule has 0 aromatic heterocycles. The molecule has 0 radical (unpaired) electrons. The van der Waals surface area contributed by atoms with Crippen LogP contribution in [0.3, 0.4) is 0 Å². The lowest BCUT2D eigenvalue weighted by Crippen LogP contribution is -2.25.